The van der Waals surface area contributed by atoms with Crippen molar-refractivity contribution in [3.63, 3.8) is 0 Å². The molecule has 6 nitrogen and oxygen atoms in total. The minimum Gasteiger partial charge on any atom is -0.360 e. The van der Waals surface area contributed by atoms with Crippen molar-refractivity contribution in [1.82, 2.24) is 15.4 Å². The van der Waals surface area contributed by atoms with E-state index in [1.807, 2.05) is 42.2 Å². The van der Waals surface area contributed by atoms with Crippen molar-refractivity contribution < 1.29 is 9.32 Å². The first-order valence-corrected chi connectivity index (χ1v) is 9.36. The number of aromatic nitrogens is 1. The largest absolute Gasteiger partial charge is 0.360 e. The van der Waals surface area contributed by atoms with E-state index < -0.39 is 0 Å². The zero-order chi connectivity index (χ0) is 19.6. The number of hydrogen-bond acceptors (Lipinski definition) is 4. The zero-order valence-corrected chi connectivity index (χ0v) is 16.8. The van der Waals surface area contributed by atoms with Crippen LogP contribution in [0.3, 0.4) is 0 Å². The molecule has 1 aliphatic rings. The van der Waals surface area contributed by atoms with E-state index in [1.54, 1.807) is 13.0 Å². The lowest BCUT2D eigenvalue weighted by Gasteiger charge is -2.38. The van der Waals surface area contributed by atoms with E-state index in [9.17, 15) is 4.79 Å². The van der Waals surface area contributed by atoms with Gasteiger partial charge in [0.05, 0.1) is 11.6 Å². The molecule has 0 bridgehead atoms. The van der Waals surface area contributed by atoms with Crippen LogP contribution in [-0.2, 0) is 4.79 Å². The highest BCUT2D eigenvalue weighted by Gasteiger charge is 2.34. The van der Waals surface area contributed by atoms with Crippen LogP contribution >= 0.6 is 12.2 Å². The monoisotopic (exact) mass is 384 g/mol. The van der Waals surface area contributed by atoms with E-state index in [2.05, 4.69) is 29.6 Å². The van der Waals surface area contributed by atoms with Gasteiger partial charge in [0.2, 0.25) is 0 Å². The predicted molar refractivity (Wildman–Crippen MR) is 109 cm³/mol. The lowest BCUT2D eigenvalue weighted by molar-refractivity contribution is -0.113. The number of carbonyl (C=O) groups excluding carboxylic acids is 1. The Morgan fingerprint density at radius 3 is 2.63 bits per heavy atom. The highest BCUT2D eigenvalue weighted by atomic mass is 32.1. The normalized spacial score (nSPS) is 17.3. The molecule has 7 heteroatoms. The Morgan fingerprint density at radius 1 is 1.33 bits per heavy atom. The van der Waals surface area contributed by atoms with Crippen molar-refractivity contribution in [2.24, 2.45) is 5.92 Å². The van der Waals surface area contributed by atoms with Gasteiger partial charge >= 0.3 is 0 Å². The number of aryl methyl sites for hydroxylation is 1. The Balaban J connectivity index is 2.01. The number of amides is 1. The van der Waals surface area contributed by atoms with E-state index in [4.69, 9.17) is 16.7 Å². The average molecular weight is 385 g/mol. The minimum atomic E-state index is -0.324. The summed E-state index contributed by atoms with van der Waals surface area (Å²) >= 11 is 5.59. The van der Waals surface area contributed by atoms with Crippen molar-refractivity contribution in [2.45, 2.75) is 33.7 Å². The molecular formula is C20H24N4O2S. The molecule has 0 radical (unpaired) electrons. The summed E-state index contributed by atoms with van der Waals surface area (Å²) < 4.78 is 5.05. The van der Waals surface area contributed by atoms with Gasteiger partial charge in [0.1, 0.15) is 5.76 Å². The predicted octanol–water partition coefficient (Wildman–Crippen LogP) is 3.78. The highest BCUT2D eigenvalue weighted by Crippen LogP contribution is 2.31. The van der Waals surface area contributed by atoms with Gasteiger partial charge in [-0.25, -0.2) is 0 Å². The molecule has 1 aliphatic heterocycles. The molecular weight excluding hydrogens is 360 g/mol. The fourth-order valence-electron chi connectivity index (χ4n) is 3.17. The first-order chi connectivity index (χ1) is 12.9. The molecule has 0 aliphatic carbocycles. The van der Waals surface area contributed by atoms with Gasteiger partial charge in [-0.05, 0) is 37.5 Å². The van der Waals surface area contributed by atoms with E-state index >= 15 is 0 Å². The molecule has 2 aromatic rings. The Hall–Kier alpha value is -2.67. The average Bonchev–Trinajstić information content (AvgIpc) is 3.03. The molecule has 0 fully saturated rings. The summed E-state index contributed by atoms with van der Waals surface area (Å²) in [5.74, 6) is 1.21. The van der Waals surface area contributed by atoms with Gasteiger partial charge in [-0.2, -0.15) is 0 Å². The number of nitrogens with one attached hydrogen (secondary N) is 2. The fraction of sp³-hybridized carbons (Fsp3) is 0.350. The number of carbonyl (C=O) groups is 1. The second kappa shape index (κ2) is 7.92. The molecule has 0 unspecified atom stereocenters. The van der Waals surface area contributed by atoms with E-state index in [1.165, 1.54) is 0 Å². The van der Waals surface area contributed by atoms with Crippen molar-refractivity contribution >= 4 is 29.1 Å². The molecule has 27 heavy (non-hydrogen) atoms. The minimum absolute atomic E-state index is 0.224. The molecule has 3 rings (SSSR count). The lowest BCUT2D eigenvalue weighted by atomic mass is 9.94. The van der Waals surface area contributed by atoms with Gasteiger partial charge in [-0.1, -0.05) is 49.3 Å². The first-order valence-electron chi connectivity index (χ1n) is 8.95. The van der Waals surface area contributed by atoms with Gasteiger partial charge in [-0.3, -0.25) is 4.79 Å². The summed E-state index contributed by atoms with van der Waals surface area (Å²) in [7, 11) is 0. The van der Waals surface area contributed by atoms with Crippen LogP contribution in [0.1, 0.15) is 38.1 Å². The van der Waals surface area contributed by atoms with E-state index in [0.29, 0.717) is 28.2 Å². The topological polar surface area (TPSA) is 70.4 Å². The summed E-state index contributed by atoms with van der Waals surface area (Å²) in [6.45, 7) is 8.70. The van der Waals surface area contributed by atoms with Crippen LogP contribution in [0, 0.1) is 12.8 Å². The van der Waals surface area contributed by atoms with Crippen LogP contribution in [0.5, 0.6) is 0 Å². The molecule has 1 atom stereocenters. The number of hydrogen-bond donors (Lipinski definition) is 2. The van der Waals surface area contributed by atoms with Crippen LogP contribution < -0.4 is 10.6 Å². The quantitative estimate of drug-likeness (QED) is 0.765. The molecule has 0 saturated carbocycles. The Bertz CT molecular complexity index is 873. The molecule has 142 valence electrons. The molecule has 1 aromatic heterocycles. The first kappa shape index (κ1) is 19.1. The standard InChI is InChI=1S/C20H24N4O2S/c1-12(2)11-24-14(4)17(19(25)21-16-10-13(3)26-23-16)18(22-20(24)27)15-8-6-5-7-9-15/h5-10,12,18H,11H2,1-4H3,(H,22,27)(H,21,23,25)/t18-/m1/s1. The lowest BCUT2D eigenvalue weighted by Crippen LogP contribution is -2.49. The Morgan fingerprint density at radius 2 is 2.04 bits per heavy atom. The number of nitrogens with zero attached hydrogens (tertiary/aromatic N) is 2. The van der Waals surface area contributed by atoms with Crippen molar-refractivity contribution in [3.05, 3.63) is 59.0 Å². The second-order valence-corrected chi connectivity index (χ2v) is 7.46. The van der Waals surface area contributed by atoms with Crippen LogP contribution in [-0.4, -0.2) is 27.6 Å². The smallest absolute Gasteiger partial charge is 0.257 e. The molecule has 1 aromatic carbocycles. The fourth-order valence-corrected chi connectivity index (χ4v) is 3.49. The van der Waals surface area contributed by atoms with Crippen molar-refractivity contribution in [3.8, 4) is 0 Å². The molecule has 1 amide bonds. The summed E-state index contributed by atoms with van der Waals surface area (Å²) in [4.78, 5) is 15.1. The summed E-state index contributed by atoms with van der Waals surface area (Å²) in [5, 5.41) is 10.7. The van der Waals surface area contributed by atoms with Gasteiger partial charge in [0.15, 0.2) is 10.9 Å². The SMILES string of the molecule is CC1=C(C(=O)Nc2cc(C)on2)[C@@H](c2ccccc2)NC(=S)N1CC(C)C. The zero-order valence-electron chi connectivity index (χ0n) is 15.9. The third kappa shape index (κ3) is 4.19. The van der Waals surface area contributed by atoms with Gasteiger partial charge in [0.25, 0.3) is 5.91 Å². The number of rotatable bonds is 5. The molecule has 2 N–H and O–H groups in total. The van der Waals surface area contributed by atoms with Crippen molar-refractivity contribution in [1.29, 1.82) is 0 Å². The van der Waals surface area contributed by atoms with Gasteiger partial charge in [0, 0.05) is 18.3 Å². The van der Waals surface area contributed by atoms with E-state index in [0.717, 1.165) is 17.8 Å². The van der Waals surface area contributed by atoms with Crippen LogP contribution in [0.2, 0.25) is 0 Å². The number of benzene rings is 1. The molecule has 0 spiro atoms. The third-order valence-electron chi connectivity index (χ3n) is 4.39. The van der Waals surface area contributed by atoms with E-state index in [-0.39, 0.29) is 11.9 Å². The van der Waals surface area contributed by atoms with Gasteiger partial charge < -0.3 is 20.1 Å². The highest BCUT2D eigenvalue weighted by molar-refractivity contribution is 7.80. The Kier molecular flexibility index (Phi) is 5.60. The van der Waals surface area contributed by atoms with Crippen LogP contribution in [0.25, 0.3) is 0 Å². The summed E-state index contributed by atoms with van der Waals surface area (Å²) in [5.41, 5.74) is 2.44. The number of anilines is 1. The van der Waals surface area contributed by atoms with Crippen LogP contribution in [0.4, 0.5) is 5.82 Å². The molecule has 0 saturated heterocycles. The maximum absolute atomic E-state index is 13.1. The van der Waals surface area contributed by atoms with Gasteiger partial charge in [-0.15, -0.1) is 0 Å². The second-order valence-electron chi connectivity index (χ2n) is 7.07. The van der Waals surface area contributed by atoms with Crippen molar-refractivity contribution in [2.75, 3.05) is 11.9 Å². The van der Waals surface area contributed by atoms with Crippen LogP contribution in [0.15, 0.2) is 52.2 Å². The maximum Gasteiger partial charge on any atom is 0.257 e. The summed E-state index contributed by atoms with van der Waals surface area (Å²) in [6, 6.07) is 11.2. The summed E-state index contributed by atoms with van der Waals surface area (Å²) in [6.07, 6.45) is 0. The maximum atomic E-state index is 13.1. The number of allylic oxidation sites excluding steroid dienone is 1. The Labute approximate surface area is 164 Å². The number of thiocarbonyl (C=S) groups is 1. The molecule has 2 heterocycles. The third-order valence-corrected chi connectivity index (χ3v) is 4.73.